The summed E-state index contributed by atoms with van der Waals surface area (Å²) in [6.07, 6.45) is 2.24. The lowest BCUT2D eigenvalue weighted by atomic mass is 10.1. The number of rotatable bonds is 15. The van der Waals surface area contributed by atoms with E-state index in [0.29, 0.717) is 41.1 Å². The maximum atomic E-state index is 14.2. The number of fused-ring (bicyclic) bond motifs is 1. The van der Waals surface area contributed by atoms with Crippen LogP contribution in [0.3, 0.4) is 0 Å². The Bertz CT molecular complexity index is 1390. The third-order valence-corrected chi connectivity index (χ3v) is 6.76. The van der Waals surface area contributed by atoms with Crippen LogP contribution in [-0.2, 0) is 20.9 Å². The second kappa shape index (κ2) is 14.2. The van der Waals surface area contributed by atoms with E-state index in [1.807, 2.05) is 13.8 Å². The van der Waals surface area contributed by atoms with E-state index in [-0.39, 0.29) is 18.5 Å². The van der Waals surface area contributed by atoms with Crippen molar-refractivity contribution in [3.8, 4) is 11.5 Å². The number of aromatic nitrogens is 1. The van der Waals surface area contributed by atoms with Crippen molar-refractivity contribution in [2.75, 3.05) is 25.7 Å². The number of hydrogen-bond donors (Lipinski definition) is 3. The van der Waals surface area contributed by atoms with E-state index in [4.69, 9.17) is 15.2 Å². The van der Waals surface area contributed by atoms with Crippen LogP contribution in [0.15, 0.2) is 42.5 Å². The van der Waals surface area contributed by atoms with Gasteiger partial charge in [-0.05, 0) is 49.6 Å². The number of carbonyl (C=O) groups is 4. The van der Waals surface area contributed by atoms with Crippen molar-refractivity contribution in [3.05, 3.63) is 53.7 Å². The molecule has 0 aliphatic carbocycles. The lowest BCUT2D eigenvalue weighted by molar-refractivity contribution is -0.137. The highest BCUT2D eigenvalue weighted by molar-refractivity contribution is 6.05. The van der Waals surface area contributed by atoms with E-state index < -0.39 is 36.3 Å². The summed E-state index contributed by atoms with van der Waals surface area (Å²) in [5.41, 5.74) is 7.35. The van der Waals surface area contributed by atoms with Crippen molar-refractivity contribution in [2.45, 2.75) is 58.5 Å². The number of aliphatic carboxylic acids is 1. The second-order valence-electron chi connectivity index (χ2n) is 9.81. The quantitative estimate of drug-likeness (QED) is 0.237. The van der Waals surface area contributed by atoms with Crippen molar-refractivity contribution in [1.29, 1.82) is 0 Å². The van der Waals surface area contributed by atoms with Gasteiger partial charge in [0.05, 0.1) is 14.2 Å². The Labute approximate surface area is 239 Å². The number of carbonyl (C=O) groups excluding carboxylic acids is 3. The molecule has 3 rings (SSSR count). The van der Waals surface area contributed by atoms with Crippen LogP contribution in [-0.4, -0.2) is 60.2 Å². The number of nitrogens with one attached hydrogen (secondary N) is 1. The van der Waals surface area contributed by atoms with Crippen LogP contribution in [0.5, 0.6) is 11.5 Å². The van der Waals surface area contributed by atoms with Gasteiger partial charge in [0.1, 0.15) is 35.5 Å². The third kappa shape index (κ3) is 7.56. The van der Waals surface area contributed by atoms with Crippen molar-refractivity contribution in [3.63, 3.8) is 0 Å². The molecule has 1 heterocycles. The molecule has 1 aromatic heterocycles. The molecule has 0 spiro atoms. The van der Waals surface area contributed by atoms with Crippen molar-refractivity contribution < 1.29 is 33.8 Å². The highest BCUT2D eigenvalue weighted by Crippen LogP contribution is 2.40. The van der Waals surface area contributed by atoms with E-state index >= 15 is 0 Å². The zero-order valence-electron chi connectivity index (χ0n) is 23.9. The van der Waals surface area contributed by atoms with Gasteiger partial charge in [-0.15, -0.1) is 0 Å². The van der Waals surface area contributed by atoms with E-state index in [0.717, 1.165) is 18.4 Å². The van der Waals surface area contributed by atoms with Crippen molar-refractivity contribution in [2.24, 2.45) is 5.73 Å². The number of aryl methyl sites for hydroxylation is 1. The Hall–Kier alpha value is -4.54. The maximum absolute atomic E-state index is 14.2. The zero-order chi connectivity index (χ0) is 30.1. The number of carboxylic acids is 1. The van der Waals surface area contributed by atoms with Gasteiger partial charge in [0, 0.05) is 23.9 Å². The predicted molar refractivity (Wildman–Crippen MR) is 155 cm³/mol. The maximum Gasteiger partial charge on any atom is 0.323 e. The highest BCUT2D eigenvalue weighted by Gasteiger charge is 2.32. The number of hydrogen-bond acceptors (Lipinski definition) is 6. The minimum atomic E-state index is -1.15. The van der Waals surface area contributed by atoms with Gasteiger partial charge in [0.25, 0.3) is 5.91 Å². The lowest BCUT2D eigenvalue weighted by Crippen LogP contribution is -2.50. The zero-order valence-corrected chi connectivity index (χ0v) is 23.9. The second-order valence-corrected chi connectivity index (χ2v) is 9.81. The fourth-order valence-corrected chi connectivity index (χ4v) is 4.81. The van der Waals surface area contributed by atoms with Crippen LogP contribution in [0.1, 0.15) is 55.1 Å². The number of primary amides is 1. The van der Waals surface area contributed by atoms with E-state index in [9.17, 15) is 24.3 Å². The number of carboxylic acid groups (broad SMARTS) is 1. The molecule has 1 atom stereocenters. The summed E-state index contributed by atoms with van der Waals surface area (Å²) in [5.74, 6) is -2.03. The number of amides is 3. The number of ether oxygens (including phenoxy) is 2. The summed E-state index contributed by atoms with van der Waals surface area (Å²) in [7, 11) is 3.00. The van der Waals surface area contributed by atoms with Crippen molar-refractivity contribution >= 4 is 40.3 Å². The van der Waals surface area contributed by atoms with Crippen LogP contribution in [0.2, 0.25) is 0 Å². The standard InChI is InChI=1S/C30H38N4O7/c1-5-6-9-14-33(28-24(40-3)15-19(2)16-25(28)41-4)30(39)21(12-13-26(31)35)32-29(38)23-17-20-10-7-8-11-22(20)34(23)18-27(36)37/h7-8,10-11,15-17,21H,5-6,9,12-14,18H2,1-4H3,(H2,31,35)(H,32,38)(H,36,37)/t21-/m1/s1. The van der Waals surface area contributed by atoms with Gasteiger partial charge < -0.3 is 35.1 Å². The van der Waals surface area contributed by atoms with E-state index in [2.05, 4.69) is 5.32 Å². The summed E-state index contributed by atoms with van der Waals surface area (Å²) in [6.45, 7) is 3.79. The molecule has 0 saturated heterocycles. The SMILES string of the molecule is CCCCCN(C(=O)[C@@H](CCC(N)=O)NC(=O)c1cc2ccccc2n1CC(=O)O)c1c(OC)cc(C)cc1OC. The van der Waals surface area contributed by atoms with Gasteiger partial charge in [-0.2, -0.15) is 0 Å². The number of unbranched alkanes of at least 4 members (excludes halogenated alkanes) is 2. The molecule has 41 heavy (non-hydrogen) atoms. The summed E-state index contributed by atoms with van der Waals surface area (Å²) in [6, 6.07) is 11.0. The highest BCUT2D eigenvalue weighted by atomic mass is 16.5. The minimum Gasteiger partial charge on any atom is -0.494 e. The Morgan fingerprint density at radius 2 is 1.71 bits per heavy atom. The average molecular weight is 567 g/mol. The molecule has 3 aromatic rings. The predicted octanol–water partition coefficient (Wildman–Crippen LogP) is 3.64. The molecule has 4 N–H and O–H groups in total. The lowest BCUT2D eigenvalue weighted by Gasteiger charge is -2.30. The molecule has 0 unspecified atom stereocenters. The summed E-state index contributed by atoms with van der Waals surface area (Å²) >= 11 is 0. The molecule has 220 valence electrons. The van der Waals surface area contributed by atoms with Crippen LogP contribution in [0, 0.1) is 6.92 Å². The average Bonchev–Trinajstić information content (AvgIpc) is 3.30. The molecule has 0 saturated carbocycles. The number of methoxy groups -OCH3 is 2. The first-order valence-corrected chi connectivity index (χ1v) is 13.5. The number of nitrogens with two attached hydrogens (primary N) is 1. The molecular weight excluding hydrogens is 528 g/mol. The van der Waals surface area contributed by atoms with Gasteiger partial charge in [-0.25, -0.2) is 0 Å². The first kappa shape index (κ1) is 31.0. The molecule has 0 aliphatic heterocycles. The van der Waals surface area contributed by atoms with Crippen LogP contribution in [0.25, 0.3) is 10.9 Å². The molecule has 0 aliphatic rings. The first-order chi connectivity index (χ1) is 19.6. The molecule has 2 aromatic carbocycles. The topological polar surface area (TPSA) is 153 Å². The Morgan fingerprint density at radius 1 is 1.05 bits per heavy atom. The molecule has 11 heteroatoms. The number of anilines is 1. The summed E-state index contributed by atoms with van der Waals surface area (Å²) in [4.78, 5) is 52.7. The first-order valence-electron chi connectivity index (χ1n) is 13.5. The van der Waals surface area contributed by atoms with Crippen LogP contribution in [0.4, 0.5) is 5.69 Å². The third-order valence-electron chi connectivity index (χ3n) is 6.76. The van der Waals surface area contributed by atoms with E-state index in [1.54, 1.807) is 42.5 Å². The van der Waals surface area contributed by atoms with Gasteiger partial charge >= 0.3 is 5.97 Å². The van der Waals surface area contributed by atoms with Crippen LogP contribution < -0.4 is 25.4 Å². The summed E-state index contributed by atoms with van der Waals surface area (Å²) < 4.78 is 12.6. The van der Waals surface area contributed by atoms with Gasteiger partial charge in [-0.3, -0.25) is 19.2 Å². The smallest absolute Gasteiger partial charge is 0.323 e. The molecule has 0 radical (unpaired) electrons. The van der Waals surface area contributed by atoms with Crippen molar-refractivity contribution in [1.82, 2.24) is 9.88 Å². The molecule has 11 nitrogen and oxygen atoms in total. The molecule has 3 amide bonds. The van der Waals surface area contributed by atoms with Gasteiger partial charge in [-0.1, -0.05) is 38.0 Å². The Morgan fingerprint density at radius 3 is 2.29 bits per heavy atom. The minimum absolute atomic E-state index is 0.0557. The Kier molecular flexibility index (Phi) is 10.7. The van der Waals surface area contributed by atoms with Gasteiger partial charge in [0.15, 0.2) is 0 Å². The number of para-hydroxylation sites is 1. The molecule has 0 fully saturated rings. The number of benzene rings is 2. The van der Waals surface area contributed by atoms with Gasteiger partial charge in [0.2, 0.25) is 11.8 Å². The molecule has 0 bridgehead atoms. The fraction of sp³-hybridized carbons (Fsp3) is 0.400. The molecular formula is C30H38N4O7. The largest absolute Gasteiger partial charge is 0.494 e. The number of nitrogens with zero attached hydrogens (tertiary/aromatic N) is 2. The van der Waals surface area contributed by atoms with E-state index in [1.165, 1.54) is 23.7 Å². The Balaban J connectivity index is 2.06. The summed E-state index contributed by atoms with van der Waals surface area (Å²) in [5, 5.41) is 12.9. The monoisotopic (exact) mass is 566 g/mol. The van der Waals surface area contributed by atoms with Crippen LogP contribution >= 0.6 is 0 Å². The normalized spacial score (nSPS) is 11.6. The fourth-order valence-electron chi connectivity index (χ4n) is 4.81.